The molecular weight excluding hydrogens is 340 g/mol. The highest BCUT2D eigenvalue weighted by molar-refractivity contribution is 6.11. The molecule has 27 heavy (non-hydrogen) atoms. The van der Waals surface area contributed by atoms with E-state index in [0.29, 0.717) is 18.5 Å². The van der Waals surface area contributed by atoms with Gasteiger partial charge in [0.15, 0.2) is 5.78 Å². The Morgan fingerprint density at radius 3 is 2.67 bits per heavy atom. The van der Waals surface area contributed by atoms with Crippen LogP contribution in [-0.4, -0.2) is 34.3 Å². The van der Waals surface area contributed by atoms with Crippen LogP contribution in [-0.2, 0) is 11.3 Å². The molecule has 0 saturated carbocycles. The molecule has 0 aliphatic carbocycles. The van der Waals surface area contributed by atoms with E-state index in [1.54, 1.807) is 11.1 Å². The summed E-state index contributed by atoms with van der Waals surface area (Å²) < 4.78 is 5.48. The molecule has 2 heterocycles. The van der Waals surface area contributed by atoms with Crippen LogP contribution in [0, 0.1) is 0 Å². The molecule has 0 spiro atoms. The van der Waals surface area contributed by atoms with Crippen molar-refractivity contribution in [1.82, 2.24) is 9.88 Å². The number of hydrogen-bond donors (Lipinski definition) is 1. The molecule has 1 N–H and O–H groups in total. The Labute approximate surface area is 157 Å². The number of piperidine rings is 1. The Morgan fingerprint density at radius 1 is 1.04 bits per heavy atom. The van der Waals surface area contributed by atoms with Gasteiger partial charge in [0.05, 0.1) is 6.04 Å². The second kappa shape index (κ2) is 7.66. The summed E-state index contributed by atoms with van der Waals surface area (Å²) in [5, 5.41) is 0.894. The Morgan fingerprint density at radius 2 is 1.81 bits per heavy atom. The number of Topliss-reactive ketones (excluding diaryl/α,β-unsaturated/α-hetero) is 1. The zero-order chi connectivity index (χ0) is 18.6. The maximum absolute atomic E-state index is 13.2. The summed E-state index contributed by atoms with van der Waals surface area (Å²) in [6.07, 6.45) is 3.81. The molecule has 138 valence electrons. The number of ketones is 1. The Hall–Kier alpha value is -3.08. The zero-order valence-electron chi connectivity index (χ0n) is 15.1. The molecule has 3 aromatic rings. The van der Waals surface area contributed by atoms with E-state index in [4.69, 9.17) is 4.74 Å². The van der Waals surface area contributed by atoms with E-state index >= 15 is 0 Å². The molecule has 1 fully saturated rings. The summed E-state index contributed by atoms with van der Waals surface area (Å²) in [6, 6.07) is 16.8. The van der Waals surface area contributed by atoms with E-state index in [2.05, 4.69) is 4.98 Å². The van der Waals surface area contributed by atoms with Gasteiger partial charge >= 0.3 is 6.09 Å². The van der Waals surface area contributed by atoms with E-state index in [1.807, 2.05) is 54.6 Å². The fourth-order valence-corrected chi connectivity index (χ4v) is 3.68. The van der Waals surface area contributed by atoms with Crippen LogP contribution in [0.4, 0.5) is 4.79 Å². The first-order valence-electron chi connectivity index (χ1n) is 9.31. The van der Waals surface area contributed by atoms with Gasteiger partial charge in [-0.2, -0.15) is 0 Å². The number of H-pyrrole nitrogens is 1. The highest BCUT2D eigenvalue weighted by Crippen LogP contribution is 2.26. The number of aromatic nitrogens is 1. The minimum absolute atomic E-state index is 0.0242. The number of benzene rings is 2. The smallest absolute Gasteiger partial charge is 0.410 e. The maximum atomic E-state index is 13.2. The molecule has 0 radical (unpaired) electrons. The fraction of sp³-hybridized carbons (Fsp3) is 0.273. The summed E-state index contributed by atoms with van der Waals surface area (Å²) >= 11 is 0. The van der Waals surface area contributed by atoms with Crippen LogP contribution < -0.4 is 0 Å². The molecular formula is C22H22N2O3. The first-order chi connectivity index (χ1) is 13.2. The number of carbonyl (C=O) groups excluding carboxylic acids is 2. The highest BCUT2D eigenvalue weighted by atomic mass is 16.6. The predicted molar refractivity (Wildman–Crippen MR) is 104 cm³/mol. The minimum atomic E-state index is -0.471. The first kappa shape index (κ1) is 17.3. The van der Waals surface area contributed by atoms with E-state index in [1.165, 1.54) is 0 Å². The lowest BCUT2D eigenvalue weighted by Gasteiger charge is -2.33. The molecule has 1 atom stereocenters. The largest absolute Gasteiger partial charge is 0.445 e. The number of ether oxygens (including phenoxy) is 1. The van der Waals surface area contributed by atoms with Crippen LogP contribution >= 0.6 is 0 Å². The molecule has 0 bridgehead atoms. The average Bonchev–Trinajstić information content (AvgIpc) is 3.16. The van der Waals surface area contributed by atoms with Crippen molar-refractivity contribution in [3.63, 3.8) is 0 Å². The summed E-state index contributed by atoms with van der Waals surface area (Å²) in [6.45, 7) is 0.760. The summed E-state index contributed by atoms with van der Waals surface area (Å²) in [7, 11) is 0. The molecule has 1 saturated heterocycles. The van der Waals surface area contributed by atoms with Gasteiger partial charge in [-0.1, -0.05) is 48.5 Å². The van der Waals surface area contributed by atoms with Crippen molar-refractivity contribution >= 4 is 22.8 Å². The second-order valence-electron chi connectivity index (χ2n) is 6.86. The van der Waals surface area contributed by atoms with Crippen molar-refractivity contribution in [2.75, 3.05) is 6.54 Å². The molecule has 1 aliphatic rings. The molecule has 1 aliphatic heterocycles. The van der Waals surface area contributed by atoms with Gasteiger partial charge in [-0.15, -0.1) is 0 Å². The molecule has 5 nitrogen and oxygen atoms in total. The van der Waals surface area contributed by atoms with Gasteiger partial charge in [-0.05, 0) is 30.9 Å². The number of likely N-dealkylation sites (tertiary alicyclic amines) is 1. The van der Waals surface area contributed by atoms with Crippen molar-refractivity contribution in [2.24, 2.45) is 0 Å². The lowest BCUT2D eigenvalue weighted by molar-refractivity contribution is 0.0565. The topological polar surface area (TPSA) is 62.4 Å². The Bertz CT molecular complexity index is 948. The summed E-state index contributed by atoms with van der Waals surface area (Å²) in [4.78, 5) is 30.6. The lowest BCUT2D eigenvalue weighted by atomic mass is 9.94. The van der Waals surface area contributed by atoms with Crippen LogP contribution in [0.3, 0.4) is 0 Å². The van der Waals surface area contributed by atoms with Crippen LogP contribution in [0.15, 0.2) is 60.8 Å². The van der Waals surface area contributed by atoms with Gasteiger partial charge in [0, 0.05) is 29.2 Å². The molecule has 1 amide bonds. The number of aromatic amines is 1. The van der Waals surface area contributed by atoms with Crippen LogP contribution in [0.25, 0.3) is 10.9 Å². The average molecular weight is 362 g/mol. The van der Waals surface area contributed by atoms with Gasteiger partial charge < -0.3 is 9.72 Å². The Balaban J connectivity index is 1.51. The van der Waals surface area contributed by atoms with Gasteiger partial charge in [-0.25, -0.2) is 4.79 Å². The predicted octanol–water partition coefficient (Wildman–Crippen LogP) is 4.54. The van der Waals surface area contributed by atoms with E-state index in [0.717, 1.165) is 29.3 Å². The monoisotopic (exact) mass is 362 g/mol. The van der Waals surface area contributed by atoms with Crippen LogP contribution in [0.2, 0.25) is 0 Å². The lowest BCUT2D eigenvalue weighted by Crippen LogP contribution is -2.48. The quantitative estimate of drug-likeness (QED) is 0.693. The molecule has 1 aromatic heterocycles. The van der Waals surface area contributed by atoms with Crippen LogP contribution in [0.5, 0.6) is 0 Å². The summed E-state index contributed by atoms with van der Waals surface area (Å²) in [5.41, 5.74) is 2.50. The van der Waals surface area contributed by atoms with E-state index < -0.39 is 12.1 Å². The number of amides is 1. The molecule has 4 rings (SSSR count). The fourth-order valence-electron chi connectivity index (χ4n) is 3.68. The van der Waals surface area contributed by atoms with Crippen molar-refractivity contribution < 1.29 is 14.3 Å². The number of nitrogens with zero attached hydrogens (tertiary/aromatic N) is 1. The van der Waals surface area contributed by atoms with Crippen molar-refractivity contribution in [3.05, 3.63) is 71.9 Å². The van der Waals surface area contributed by atoms with Crippen molar-refractivity contribution in [2.45, 2.75) is 31.9 Å². The minimum Gasteiger partial charge on any atom is -0.445 e. The molecule has 2 aromatic carbocycles. The second-order valence-corrected chi connectivity index (χ2v) is 6.86. The summed E-state index contributed by atoms with van der Waals surface area (Å²) in [5.74, 6) is -0.0242. The number of rotatable bonds is 4. The van der Waals surface area contributed by atoms with Crippen LogP contribution in [0.1, 0.15) is 35.2 Å². The number of carbonyl (C=O) groups is 2. The third-order valence-electron chi connectivity index (χ3n) is 5.10. The van der Waals surface area contributed by atoms with E-state index in [-0.39, 0.29) is 12.4 Å². The standard InChI is InChI=1S/C22H22N2O3/c25-21(18-14-23-19-11-5-4-10-17(18)19)20-12-6-7-13-24(20)22(26)27-15-16-8-2-1-3-9-16/h1-5,8-11,14,20,23H,6-7,12-13,15H2. The Kier molecular flexibility index (Phi) is 4.92. The highest BCUT2D eigenvalue weighted by Gasteiger charge is 2.34. The number of fused-ring (bicyclic) bond motifs is 1. The first-order valence-corrected chi connectivity index (χ1v) is 9.31. The zero-order valence-corrected chi connectivity index (χ0v) is 15.1. The molecule has 5 heteroatoms. The third-order valence-corrected chi connectivity index (χ3v) is 5.10. The third kappa shape index (κ3) is 3.58. The number of para-hydroxylation sites is 1. The number of nitrogens with one attached hydrogen (secondary N) is 1. The SMILES string of the molecule is O=C(c1c[nH]c2ccccc12)C1CCCCN1C(=O)OCc1ccccc1. The maximum Gasteiger partial charge on any atom is 0.410 e. The molecule has 1 unspecified atom stereocenters. The number of hydrogen-bond acceptors (Lipinski definition) is 3. The van der Waals surface area contributed by atoms with Gasteiger partial charge in [0.1, 0.15) is 6.61 Å². The van der Waals surface area contributed by atoms with Crippen molar-refractivity contribution in [3.8, 4) is 0 Å². The van der Waals surface area contributed by atoms with E-state index in [9.17, 15) is 9.59 Å². The van der Waals surface area contributed by atoms with Gasteiger partial charge in [-0.3, -0.25) is 9.69 Å². The van der Waals surface area contributed by atoms with Gasteiger partial charge in [0.25, 0.3) is 0 Å². The van der Waals surface area contributed by atoms with Crippen molar-refractivity contribution in [1.29, 1.82) is 0 Å². The normalized spacial score (nSPS) is 17.0. The van der Waals surface area contributed by atoms with Gasteiger partial charge in [0.2, 0.25) is 0 Å².